The van der Waals surface area contributed by atoms with E-state index in [-0.39, 0.29) is 12.1 Å². The summed E-state index contributed by atoms with van der Waals surface area (Å²) in [6.45, 7) is 9.04. The van der Waals surface area contributed by atoms with Gasteiger partial charge in [-0.1, -0.05) is 6.58 Å². The van der Waals surface area contributed by atoms with Crippen LogP contribution in [0.4, 0.5) is 0 Å². The van der Waals surface area contributed by atoms with Crippen molar-refractivity contribution in [2.24, 2.45) is 0 Å². The van der Waals surface area contributed by atoms with Crippen molar-refractivity contribution >= 4 is 5.91 Å². The van der Waals surface area contributed by atoms with E-state index in [2.05, 4.69) is 16.8 Å². The average Bonchev–Trinajstić information content (AvgIpc) is 2.21. The van der Waals surface area contributed by atoms with Gasteiger partial charge in [0.15, 0.2) is 0 Å². The van der Waals surface area contributed by atoms with E-state index in [1.165, 1.54) is 6.08 Å². The molecule has 4 nitrogen and oxygen atoms in total. The van der Waals surface area contributed by atoms with Crippen LogP contribution >= 0.6 is 0 Å². The first kappa shape index (κ1) is 11.2. The van der Waals surface area contributed by atoms with Gasteiger partial charge < -0.3 is 10.2 Å². The summed E-state index contributed by atoms with van der Waals surface area (Å²) >= 11 is 0. The molecule has 1 heterocycles. The van der Waals surface area contributed by atoms with E-state index in [4.69, 9.17) is 0 Å². The molecule has 1 rings (SSSR count). The Morgan fingerprint density at radius 3 is 3.00 bits per heavy atom. The lowest BCUT2D eigenvalue weighted by Crippen LogP contribution is -2.58. The Bertz CT molecular complexity index is 217. The third-order valence-corrected chi connectivity index (χ3v) is 2.64. The van der Waals surface area contributed by atoms with Crippen molar-refractivity contribution in [3.8, 4) is 0 Å². The molecule has 0 aromatic rings. The molecule has 0 radical (unpaired) electrons. The van der Waals surface area contributed by atoms with Crippen LogP contribution in [-0.4, -0.2) is 55.1 Å². The number of piperazine rings is 1. The zero-order valence-electron chi connectivity index (χ0n) is 8.99. The van der Waals surface area contributed by atoms with Crippen LogP contribution < -0.4 is 5.32 Å². The number of carbonyl (C=O) groups excluding carboxylic acids is 1. The van der Waals surface area contributed by atoms with Crippen molar-refractivity contribution in [2.75, 3.05) is 33.2 Å². The van der Waals surface area contributed by atoms with Crippen LogP contribution in [0.3, 0.4) is 0 Å². The second-order valence-electron chi connectivity index (χ2n) is 3.49. The number of hydrogen-bond acceptors (Lipinski definition) is 3. The topological polar surface area (TPSA) is 35.6 Å². The monoisotopic (exact) mass is 197 g/mol. The molecule has 1 aliphatic heterocycles. The van der Waals surface area contributed by atoms with Crippen LogP contribution in [0, 0.1) is 0 Å². The fourth-order valence-corrected chi connectivity index (χ4v) is 1.77. The van der Waals surface area contributed by atoms with E-state index in [0.29, 0.717) is 0 Å². The number of likely N-dealkylation sites (N-methyl/N-ethyl adjacent to an activating group) is 2. The van der Waals surface area contributed by atoms with E-state index < -0.39 is 0 Å². The quantitative estimate of drug-likeness (QED) is 0.641. The molecule has 0 saturated carbocycles. The van der Waals surface area contributed by atoms with E-state index in [9.17, 15) is 4.79 Å². The molecule has 80 valence electrons. The van der Waals surface area contributed by atoms with Gasteiger partial charge in [-0.25, -0.2) is 0 Å². The molecule has 1 aliphatic rings. The van der Waals surface area contributed by atoms with Crippen molar-refractivity contribution in [1.29, 1.82) is 0 Å². The van der Waals surface area contributed by atoms with Gasteiger partial charge in [0.2, 0.25) is 5.91 Å². The lowest BCUT2D eigenvalue weighted by molar-refractivity contribution is -0.132. The minimum absolute atomic E-state index is 0.00745. The normalized spacial score (nSPS) is 23.1. The summed E-state index contributed by atoms with van der Waals surface area (Å²) in [4.78, 5) is 15.6. The molecular weight excluding hydrogens is 178 g/mol. The molecule has 4 heteroatoms. The summed E-state index contributed by atoms with van der Waals surface area (Å²) in [6.07, 6.45) is 1.55. The van der Waals surface area contributed by atoms with Gasteiger partial charge >= 0.3 is 0 Å². The molecule has 1 atom stereocenters. The summed E-state index contributed by atoms with van der Waals surface area (Å²) < 4.78 is 0. The first-order valence-corrected chi connectivity index (χ1v) is 5.04. The van der Waals surface area contributed by atoms with Crippen molar-refractivity contribution in [2.45, 2.75) is 13.1 Å². The van der Waals surface area contributed by atoms with Crippen LogP contribution in [0.15, 0.2) is 12.7 Å². The minimum Gasteiger partial charge on any atom is -0.322 e. The first-order valence-electron chi connectivity index (χ1n) is 5.04. The molecule has 1 N–H and O–H groups in total. The molecule has 0 aromatic carbocycles. The molecule has 0 spiro atoms. The van der Waals surface area contributed by atoms with Crippen LogP contribution in [0.5, 0.6) is 0 Å². The van der Waals surface area contributed by atoms with Crippen molar-refractivity contribution in [3.05, 3.63) is 12.7 Å². The highest BCUT2D eigenvalue weighted by atomic mass is 16.2. The predicted molar refractivity (Wildman–Crippen MR) is 56.9 cm³/mol. The molecule has 1 saturated heterocycles. The molecule has 14 heavy (non-hydrogen) atoms. The van der Waals surface area contributed by atoms with Gasteiger partial charge in [-0.05, 0) is 20.0 Å². The summed E-state index contributed by atoms with van der Waals surface area (Å²) in [5, 5.41) is 3.29. The molecule has 1 unspecified atom stereocenters. The zero-order valence-corrected chi connectivity index (χ0v) is 8.99. The van der Waals surface area contributed by atoms with Gasteiger partial charge in [0.25, 0.3) is 0 Å². The largest absolute Gasteiger partial charge is 0.322 e. The Labute approximate surface area is 85.6 Å². The highest BCUT2D eigenvalue weighted by molar-refractivity contribution is 5.87. The van der Waals surface area contributed by atoms with Gasteiger partial charge in [0.05, 0.1) is 6.17 Å². The number of amides is 1. The number of carbonyl (C=O) groups is 1. The minimum atomic E-state index is 0.00745. The second-order valence-corrected chi connectivity index (χ2v) is 3.49. The Hall–Kier alpha value is -0.870. The average molecular weight is 197 g/mol. The predicted octanol–water partition coefficient (Wildman–Crippen LogP) is -0.118. The first-order chi connectivity index (χ1) is 6.70. The van der Waals surface area contributed by atoms with Gasteiger partial charge in [-0.3, -0.25) is 9.69 Å². The van der Waals surface area contributed by atoms with Gasteiger partial charge in [0, 0.05) is 26.2 Å². The summed E-state index contributed by atoms with van der Waals surface area (Å²) in [5.74, 6) is 0.00745. The molecule has 0 bridgehead atoms. The summed E-state index contributed by atoms with van der Waals surface area (Å²) in [5.41, 5.74) is 0. The maximum atomic E-state index is 11.5. The van der Waals surface area contributed by atoms with E-state index in [1.54, 1.807) is 0 Å². The number of nitrogens with zero attached hydrogens (tertiary/aromatic N) is 2. The Morgan fingerprint density at radius 2 is 2.50 bits per heavy atom. The van der Waals surface area contributed by atoms with Crippen LogP contribution in [0.25, 0.3) is 0 Å². The van der Waals surface area contributed by atoms with Crippen LogP contribution in [-0.2, 0) is 4.79 Å². The fourth-order valence-electron chi connectivity index (χ4n) is 1.77. The Balaban J connectivity index is 2.66. The van der Waals surface area contributed by atoms with Crippen molar-refractivity contribution in [1.82, 2.24) is 15.1 Å². The Morgan fingerprint density at radius 1 is 1.79 bits per heavy atom. The van der Waals surface area contributed by atoms with Gasteiger partial charge in [-0.15, -0.1) is 0 Å². The number of nitrogens with one attached hydrogen (secondary N) is 1. The molecule has 0 aliphatic carbocycles. The highest BCUT2D eigenvalue weighted by Crippen LogP contribution is 2.07. The third kappa shape index (κ3) is 2.33. The summed E-state index contributed by atoms with van der Waals surface area (Å²) in [7, 11) is 2.05. The maximum Gasteiger partial charge on any atom is 0.247 e. The molecule has 1 amide bonds. The van der Waals surface area contributed by atoms with E-state index in [0.717, 1.165) is 26.2 Å². The molecular formula is C10H19N3O. The number of hydrogen-bond donors (Lipinski definition) is 1. The molecule has 0 aromatic heterocycles. The van der Waals surface area contributed by atoms with E-state index >= 15 is 0 Å². The number of rotatable bonds is 3. The van der Waals surface area contributed by atoms with Crippen molar-refractivity contribution in [3.63, 3.8) is 0 Å². The second kappa shape index (κ2) is 5.12. The van der Waals surface area contributed by atoms with Crippen LogP contribution in [0.1, 0.15) is 6.92 Å². The molecule has 1 fully saturated rings. The van der Waals surface area contributed by atoms with Gasteiger partial charge in [-0.2, -0.15) is 0 Å². The van der Waals surface area contributed by atoms with E-state index in [1.807, 2.05) is 18.9 Å². The fraction of sp³-hybridized carbons (Fsp3) is 0.700. The lowest BCUT2D eigenvalue weighted by atomic mass is 10.2. The SMILES string of the molecule is C=CC(=O)N(CC)C1CNCCN1C. The van der Waals surface area contributed by atoms with Crippen LogP contribution in [0.2, 0.25) is 0 Å². The zero-order chi connectivity index (χ0) is 10.6. The summed E-state index contributed by atoms with van der Waals surface area (Å²) in [6, 6.07) is 0. The lowest BCUT2D eigenvalue weighted by Gasteiger charge is -2.40. The smallest absolute Gasteiger partial charge is 0.247 e. The highest BCUT2D eigenvalue weighted by Gasteiger charge is 2.26. The third-order valence-electron chi connectivity index (χ3n) is 2.64. The standard InChI is InChI=1S/C10H19N3O/c1-4-10(14)13(5-2)9-8-11-6-7-12(9)3/h4,9,11H,1,5-8H2,2-3H3. The van der Waals surface area contributed by atoms with Crippen molar-refractivity contribution < 1.29 is 4.79 Å². The Kier molecular flexibility index (Phi) is 4.10. The van der Waals surface area contributed by atoms with Gasteiger partial charge in [0.1, 0.15) is 0 Å². The maximum absolute atomic E-state index is 11.5.